The Kier molecular flexibility index (Phi) is 8.94. The first-order valence-corrected chi connectivity index (χ1v) is 12.1. The van der Waals surface area contributed by atoms with Crippen molar-refractivity contribution in [3.8, 4) is 23.0 Å². The Hall–Kier alpha value is -3.31. The summed E-state index contributed by atoms with van der Waals surface area (Å²) in [7, 11) is 0. The normalized spacial score (nSPS) is 32.4. The summed E-state index contributed by atoms with van der Waals surface area (Å²) < 4.78 is 21.9. The Morgan fingerprint density at radius 3 is 2.38 bits per heavy atom. The van der Waals surface area contributed by atoms with E-state index in [-0.39, 0.29) is 17.1 Å². The molecule has 0 spiro atoms. The minimum atomic E-state index is -2.03. The van der Waals surface area contributed by atoms with Crippen molar-refractivity contribution in [1.29, 1.82) is 0 Å². The monoisotopic (exact) mass is 566 g/mol. The number of phenolic OH excluding ortho intramolecular Hbond substituents is 3. The zero-order valence-electron chi connectivity index (χ0n) is 20.8. The summed E-state index contributed by atoms with van der Waals surface area (Å²) in [6.45, 7) is -2.04. The number of hydrogen-bond acceptors (Lipinski definition) is 14. The van der Waals surface area contributed by atoms with Gasteiger partial charge in [-0.1, -0.05) is 12.1 Å². The zero-order valence-corrected chi connectivity index (χ0v) is 20.8. The van der Waals surface area contributed by atoms with Crippen LogP contribution < -0.4 is 4.74 Å². The third-order valence-electron chi connectivity index (χ3n) is 6.60. The van der Waals surface area contributed by atoms with E-state index in [2.05, 4.69) is 0 Å². The van der Waals surface area contributed by atoms with Crippen molar-refractivity contribution in [2.45, 2.75) is 48.7 Å². The molecule has 2 aliphatic rings. The molecule has 2 aliphatic heterocycles. The van der Waals surface area contributed by atoms with E-state index < -0.39 is 85.8 Å². The first-order valence-electron chi connectivity index (χ1n) is 12.1. The van der Waals surface area contributed by atoms with Crippen molar-refractivity contribution in [3.05, 3.63) is 53.6 Å². The van der Waals surface area contributed by atoms with Crippen LogP contribution in [0.2, 0.25) is 0 Å². The number of hydrogen-bond donors (Lipinski definition) is 9. The summed E-state index contributed by atoms with van der Waals surface area (Å²) in [5.41, 5.74) is -1.73. The standard InChI is InChI=1S/C26H30O14/c27-9-19-20(33)21(34)22(40-25-23(35)26(36,10-28)11-37-25)24(39-19)38-18-6-2-12(7-17(18)32)1-5-15(30)14-4-3-13(29)8-16(14)31/h1-8,19-25,27-29,31-36H,9-11H2/b5-1+/t19-,20-,21+,22-,23+,24-,25+,26-/m1/s1. The summed E-state index contributed by atoms with van der Waals surface area (Å²) in [4.78, 5) is 12.4. The van der Waals surface area contributed by atoms with E-state index in [1.54, 1.807) is 0 Å². The first-order chi connectivity index (χ1) is 19.0. The number of ketones is 1. The molecule has 0 amide bonds. The fourth-order valence-corrected chi connectivity index (χ4v) is 4.21. The lowest BCUT2D eigenvalue weighted by Gasteiger charge is -2.42. The lowest BCUT2D eigenvalue weighted by molar-refractivity contribution is -0.319. The number of ether oxygens (including phenoxy) is 4. The maximum Gasteiger partial charge on any atom is 0.229 e. The van der Waals surface area contributed by atoms with E-state index >= 15 is 0 Å². The van der Waals surface area contributed by atoms with Crippen molar-refractivity contribution in [2.24, 2.45) is 0 Å². The highest BCUT2D eigenvalue weighted by molar-refractivity contribution is 6.08. The quantitative estimate of drug-likeness (QED) is 0.122. The van der Waals surface area contributed by atoms with Gasteiger partial charge in [0.2, 0.25) is 6.29 Å². The molecule has 40 heavy (non-hydrogen) atoms. The molecule has 0 saturated carbocycles. The molecule has 2 heterocycles. The van der Waals surface area contributed by atoms with Gasteiger partial charge in [-0.25, -0.2) is 0 Å². The van der Waals surface area contributed by atoms with E-state index in [1.807, 2.05) is 0 Å². The van der Waals surface area contributed by atoms with Crippen molar-refractivity contribution in [3.63, 3.8) is 0 Å². The lowest BCUT2D eigenvalue weighted by Crippen LogP contribution is -2.62. The summed E-state index contributed by atoms with van der Waals surface area (Å²) in [6.07, 6.45) is -8.62. The second kappa shape index (κ2) is 12.1. The van der Waals surface area contributed by atoms with E-state index in [0.717, 1.165) is 12.1 Å². The van der Waals surface area contributed by atoms with Crippen molar-refractivity contribution < 1.29 is 69.7 Å². The number of rotatable bonds is 9. The van der Waals surface area contributed by atoms with Crippen molar-refractivity contribution in [2.75, 3.05) is 19.8 Å². The van der Waals surface area contributed by atoms with Crippen molar-refractivity contribution >= 4 is 11.9 Å². The molecule has 9 N–H and O–H groups in total. The zero-order chi connectivity index (χ0) is 29.2. The van der Waals surface area contributed by atoms with Crippen LogP contribution in [-0.4, -0.2) is 120 Å². The molecule has 14 heteroatoms. The molecule has 8 atom stereocenters. The van der Waals surface area contributed by atoms with Gasteiger partial charge in [-0.2, -0.15) is 0 Å². The van der Waals surface area contributed by atoms with E-state index in [1.165, 1.54) is 36.4 Å². The van der Waals surface area contributed by atoms with Gasteiger partial charge in [0.25, 0.3) is 0 Å². The number of carbonyl (C=O) groups is 1. The molecular formula is C26H30O14. The molecule has 218 valence electrons. The summed E-state index contributed by atoms with van der Waals surface area (Å²) >= 11 is 0. The number of aliphatic hydroxyl groups excluding tert-OH is 5. The Morgan fingerprint density at radius 2 is 1.75 bits per heavy atom. The average molecular weight is 567 g/mol. The predicted octanol–water partition coefficient (Wildman–Crippen LogP) is -1.66. The number of carbonyl (C=O) groups excluding carboxylic acids is 1. The van der Waals surface area contributed by atoms with Crippen LogP contribution in [0.15, 0.2) is 42.5 Å². The Morgan fingerprint density at radius 1 is 1.00 bits per heavy atom. The molecule has 0 bridgehead atoms. The maximum atomic E-state index is 12.4. The van der Waals surface area contributed by atoms with E-state index in [0.29, 0.717) is 5.56 Å². The second-order valence-electron chi connectivity index (χ2n) is 9.44. The molecular weight excluding hydrogens is 536 g/mol. The van der Waals surface area contributed by atoms with Crippen LogP contribution in [0.3, 0.4) is 0 Å². The van der Waals surface area contributed by atoms with Crippen molar-refractivity contribution in [1.82, 2.24) is 0 Å². The van der Waals surface area contributed by atoms with Crippen LogP contribution in [0.4, 0.5) is 0 Å². The highest BCUT2D eigenvalue weighted by atomic mass is 16.8. The van der Waals surface area contributed by atoms with E-state index in [9.17, 15) is 50.8 Å². The summed E-state index contributed by atoms with van der Waals surface area (Å²) in [6, 6.07) is 7.50. The highest BCUT2D eigenvalue weighted by Gasteiger charge is 2.53. The maximum absolute atomic E-state index is 12.4. The third-order valence-corrected chi connectivity index (χ3v) is 6.60. The van der Waals surface area contributed by atoms with Gasteiger partial charge in [0.05, 0.1) is 25.4 Å². The molecule has 0 radical (unpaired) electrons. The van der Waals surface area contributed by atoms with Gasteiger partial charge in [0.15, 0.2) is 29.7 Å². The molecule has 4 rings (SSSR count). The summed E-state index contributed by atoms with van der Waals surface area (Å²) in [5.74, 6) is -1.80. The SMILES string of the molecule is O=C(/C=C/c1ccc(O[C@@H]2O[C@H](CO)[C@@H](O)[C@H](O)[C@H]2O[C@@H]2OC[C@](O)(CO)[C@H]2O)c(O)c1)c1ccc(O)cc1O. The van der Waals surface area contributed by atoms with Crippen LogP contribution in [0, 0.1) is 0 Å². The molecule has 2 aromatic rings. The number of phenols is 3. The smallest absolute Gasteiger partial charge is 0.229 e. The topological polar surface area (TPSA) is 236 Å². The molecule has 0 aromatic heterocycles. The van der Waals surface area contributed by atoms with Crippen LogP contribution in [0.1, 0.15) is 15.9 Å². The van der Waals surface area contributed by atoms with Crippen LogP contribution in [0.5, 0.6) is 23.0 Å². The van der Waals surface area contributed by atoms with Crippen LogP contribution in [-0.2, 0) is 14.2 Å². The highest BCUT2D eigenvalue weighted by Crippen LogP contribution is 2.35. The van der Waals surface area contributed by atoms with Crippen LogP contribution in [0.25, 0.3) is 6.08 Å². The van der Waals surface area contributed by atoms with Crippen LogP contribution >= 0.6 is 0 Å². The van der Waals surface area contributed by atoms with Gasteiger partial charge in [-0.05, 0) is 35.9 Å². The number of aromatic hydroxyl groups is 3. The fraction of sp³-hybridized carbons (Fsp3) is 0.423. The fourth-order valence-electron chi connectivity index (χ4n) is 4.21. The number of benzene rings is 2. The number of aliphatic hydroxyl groups is 6. The second-order valence-corrected chi connectivity index (χ2v) is 9.44. The van der Waals surface area contributed by atoms with Gasteiger partial charge in [0, 0.05) is 6.07 Å². The number of allylic oxidation sites excluding steroid dienone is 1. The van der Waals surface area contributed by atoms with E-state index in [4.69, 9.17) is 18.9 Å². The molecule has 2 fully saturated rings. The largest absolute Gasteiger partial charge is 0.508 e. The van der Waals surface area contributed by atoms with Gasteiger partial charge in [-0.3, -0.25) is 4.79 Å². The first kappa shape index (κ1) is 29.7. The Bertz CT molecular complexity index is 1230. The third kappa shape index (κ3) is 6.05. The Balaban J connectivity index is 1.50. The van der Waals surface area contributed by atoms with Gasteiger partial charge < -0.3 is 64.9 Å². The molecule has 0 aliphatic carbocycles. The molecule has 2 saturated heterocycles. The minimum absolute atomic E-state index is 0.0494. The van der Waals surface area contributed by atoms with Gasteiger partial charge >= 0.3 is 0 Å². The van der Waals surface area contributed by atoms with Gasteiger partial charge in [0.1, 0.15) is 41.5 Å². The Labute approximate surface area is 227 Å². The lowest BCUT2D eigenvalue weighted by atomic mass is 9.98. The minimum Gasteiger partial charge on any atom is -0.508 e. The van der Waals surface area contributed by atoms with Gasteiger partial charge in [-0.15, -0.1) is 0 Å². The summed E-state index contributed by atoms with van der Waals surface area (Å²) in [5, 5.41) is 90.1. The molecule has 2 aromatic carbocycles. The average Bonchev–Trinajstić information content (AvgIpc) is 3.21. The molecule has 14 nitrogen and oxygen atoms in total. The predicted molar refractivity (Wildman–Crippen MR) is 132 cm³/mol. The molecule has 0 unspecified atom stereocenters.